The minimum Gasteiger partial charge on any atom is -0.392 e. The fraction of sp³-hybridized carbons (Fsp3) is 0.680. The topological polar surface area (TPSA) is 132 Å². The van der Waals surface area contributed by atoms with Gasteiger partial charge in [0.25, 0.3) is 0 Å². The molecule has 198 valence electrons. The van der Waals surface area contributed by atoms with Crippen molar-refractivity contribution in [2.45, 2.75) is 88.0 Å². The predicted molar refractivity (Wildman–Crippen MR) is 128 cm³/mol. The van der Waals surface area contributed by atoms with E-state index in [1.165, 1.54) is 25.3 Å². The Bertz CT molecular complexity index is 1010. The van der Waals surface area contributed by atoms with E-state index in [0.717, 1.165) is 0 Å². The first-order valence-corrected chi connectivity index (χ1v) is 13.4. The average molecular weight is 515 g/mol. The first kappa shape index (κ1) is 28.2. The van der Waals surface area contributed by atoms with E-state index in [9.17, 15) is 23.7 Å². The second-order valence-electron chi connectivity index (χ2n) is 10.3. The maximum absolute atomic E-state index is 13.3. The summed E-state index contributed by atoms with van der Waals surface area (Å²) in [6, 6.07) is 8.02. The van der Waals surface area contributed by atoms with Gasteiger partial charge in [0.05, 0.1) is 35.6 Å². The number of aliphatic hydroxyl groups excluding tert-OH is 3. The van der Waals surface area contributed by atoms with Crippen LogP contribution in [0.1, 0.15) is 41.0 Å². The van der Waals surface area contributed by atoms with Gasteiger partial charge in [-0.2, -0.15) is 0 Å². The van der Waals surface area contributed by atoms with Crippen molar-refractivity contribution in [3.8, 4) is 0 Å². The third-order valence-corrected chi connectivity index (χ3v) is 8.91. The van der Waals surface area contributed by atoms with E-state index in [0.29, 0.717) is 0 Å². The lowest BCUT2D eigenvalue weighted by Crippen LogP contribution is -2.67. The molecule has 3 N–H and O–H groups in total. The molecule has 9 nitrogen and oxygen atoms in total. The molecule has 0 radical (unpaired) electrons. The Balaban J connectivity index is 1.99. The highest BCUT2D eigenvalue weighted by Gasteiger charge is 2.61. The Morgan fingerprint density at radius 1 is 1.09 bits per heavy atom. The molecule has 2 saturated heterocycles. The molecule has 0 bridgehead atoms. The fourth-order valence-corrected chi connectivity index (χ4v) is 7.09. The smallest absolute Gasteiger partial charge is 0.204 e. The van der Waals surface area contributed by atoms with Crippen LogP contribution in [-0.2, 0) is 28.8 Å². The highest BCUT2D eigenvalue weighted by molar-refractivity contribution is 7.91. The molecular formula is C25H38O9S. The Kier molecular flexibility index (Phi) is 8.20. The van der Waals surface area contributed by atoms with Crippen LogP contribution in [0.2, 0.25) is 0 Å². The summed E-state index contributed by atoms with van der Waals surface area (Å²) < 4.78 is 50.4. The number of sulfone groups is 1. The summed E-state index contributed by atoms with van der Waals surface area (Å²) in [5.74, 6) is -3.07. The highest BCUT2D eigenvalue weighted by Crippen LogP contribution is 2.48. The summed E-state index contributed by atoms with van der Waals surface area (Å²) in [6.07, 6.45) is -2.97. The Morgan fingerprint density at radius 3 is 2.23 bits per heavy atom. The summed E-state index contributed by atoms with van der Waals surface area (Å²) >= 11 is 0. The molecule has 35 heavy (non-hydrogen) atoms. The highest BCUT2D eigenvalue weighted by atomic mass is 32.2. The zero-order valence-corrected chi connectivity index (χ0v) is 22.0. The first-order valence-electron chi connectivity index (χ1n) is 11.7. The maximum atomic E-state index is 13.3. The minimum atomic E-state index is -3.79. The van der Waals surface area contributed by atoms with E-state index in [1.54, 1.807) is 45.9 Å². The molecular weight excluding hydrogens is 476 g/mol. The zero-order chi connectivity index (χ0) is 26.2. The van der Waals surface area contributed by atoms with E-state index in [2.05, 4.69) is 0 Å². The van der Waals surface area contributed by atoms with Gasteiger partial charge in [0.1, 0.15) is 12.2 Å². The Hall–Kier alpha value is -1.37. The SMILES string of the molecule is CO[C@@]1(C(C)(C)CS(=O)(=O)c2ccccc2)O[C@H](C[C@H]2OC(C)(C)O[C@@H]2C)[C@@H](O)/C(=C\CO)[C@@H]1O. The summed E-state index contributed by atoms with van der Waals surface area (Å²) in [7, 11) is -2.47. The van der Waals surface area contributed by atoms with Crippen molar-refractivity contribution in [3.63, 3.8) is 0 Å². The number of hydrogen-bond acceptors (Lipinski definition) is 9. The van der Waals surface area contributed by atoms with E-state index < -0.39 is 63.6 Å². The normalized spacial score (nSPS) is 34.9. The van der Waals surface area contributed by atoms with Crippen LogP contribution in [0.5, 0.6) is 0 Å². The number of rotatable bonds is 8. The van der Waals surface area contributed by atoms with Crippen molar-refractivity contribution in [2.75, 3.05) is 19.5 Å². The second-order valence-corrected chi connectivity index (χ2v) is 12.3. The molecule has 0 aromatic heterocycles. The number of hydrogen-bond donors (Lipinski definition) is 3. The second kappa shape index (κ2) is 10.2. The largest absolute Gasteiger partial charge is 0.392 e. The van der Waals surface area contributed by atoms with Crippen molar-refractivity contribution >= 4 is 9.84 Å². The average Bonchev–Trinajstić information content (AvgIpc) is 3.03. The van der Waals surface area contributed by atoms with Gasteiger partial charge in [-0.3, -0.25) is 0 Å². The molecule has 1 aromatic carbocycles. The van der Waals surface area contributed by atoms with Gasteiger partial charge in [0, 0.05) is 18.9 Å². The molecule has 2 heterocycles. The van der Waals surface area contributed by atoms with Gasteiger partial charge in [-0.15, -0.1) is 0 Å². The molecule has 0 aliphatic carbocycles. The van der Waals surface area contributed by atoms with E-state index in [-0.39, 0.29) is 23.0 Å². The quantitative estimate of drug-likeness (QED) is 0.444. The molecule has 3 rings (SSSR count). The van der Waals surface area contributed by atoms with Crippen molar-refractivity contribution in [3.05, 3.63) is 42.0 Å². The van der Waals surface area contributed by atoms with Gasteiger partial charge in [0.15, 0.2) is 15.6 Å². The molecule has 0 unspecified atom stereocenters. The summed E-state index contributed by atoms with van der Waals surface area (Å²) in [5.41, 5.74) is -1.19. The molecule has 2 aliphatic rings. The number of methoxy groups -OCH3 is 1. The summed E-state index contributed by atoms with van der Waals surface area (Å²) in [4.78, 5) is 0.139. The lowest BCUT2D eigenvalue weighted by Gasteiger charge is -2.54. The van der Waals surface area contributed by atoms with Crippen molar-refractivity contribution < 1.29 is 42.7 Å². The van der Waals surface area contributed by atoms with Gasteiger partial charge in [0.2, 0.25) is 5.79 Å². The zero-order valence-electron chi connectivity index (χ0n) is 21.2. The van der Waals surface area contributed by atoms with Gasteiger partial charge in [-0.05, 0) is 38.5 Å². The third kappa shape index (κ3) is 5.50. The monoisotopic (exact) mass is 514 g/mol. The summed E-state index contributed by atoms with van der Waals surface area (Å²) in [5, 5.41) is 32.0. The van der Waals surface area contributed by atoms with Crippen LogP contribution in [0, 0.1) is 5.41 Å². The number of aliphatic hydroxyl groups is 3. The van der Waals surface area contributed by atoms with Crippen molar-refractivity contribution in [1.29, 1.82) is 0 Å². The van der Waals surface area contributed by atoms with E-state index in [1.807, 2.05) is 6.92 Å². The molecule has 0 saturated carbocycles. The lowest BCUT2D eigenvalue weighted by molar-refractivity contribution is -0.354. The molecule has 10 heteroatoms. The lowest BCUT2D eigenvalue weighted by atomic mass is 9.74. The molecule has 0 spiro atoms. The third-order valence-electron chi connectivity index (χ3n) is 6.82. The maximum Gasteiger partial charge on any atom is 0.204 e. The molecule has 2 aliphatic heterocycles. The standard InChI is InChI=1S/C25H38O9S/c1-16-19(33-24(4,5)32-16)14-20-21(27)18(12-13-26)22(28)25(31-6,34-20)23(2,3)15-35(29,30)17-10-8-7-9-11-17/h7-12,16,19-22,26-28H,13-15H2,1-6H3/b18-12+/t16-,19-,20-,21+,22+,25-/m1/s1. The minimum absolute atomic E-state index is 0.0987. The van der Waals surface area contributed by atoms with Crippen LogP contribution in [0.4, 0.5) is 0 Å². The van der Waals surface area contributed by atoms with Gasteiger partial charge >= 0.3 is 0 Å². The number of benzene rings is 1. The first-order chi connectivity index (χ1) is 16.2. The van der Waals surface area contributed by atoms with Crippen LogP contribution < -0.4 is 0 Å². The molecule has 0 amide bonds. The predicted octanol–water partition coefficient (Wildman–Crippen LogP) is 1.80. The molecule has 1 aromatic rings. The van der Waals surface area contributed by atoms with Crippen LogP contribution in [0.3, 0.4) is 0 Å². The van der Waals surface area contributed by atoms with Crippen LogP contribution in [-0.4, -0.2) is 85.3 Å². The molecule has 2 fully saturated rings. The van der Waals surface area contributed by atoms with E-state index in [4.69, 9.17) is 18.9 Å². The van der Waals surface area contributed by atoms with Crippen LogP contribution in [0.15, 0.2) is 46.9 Å². The van der Waals surface area contributed by atoms with Crippen molar-refractivity contribution in [1.82, 2.24) is 0 Å². The number of ether oxygens (including phenoxy) is 4. The van der Waals surface area contributed by atoms with Crippen LogP contribution in [0.25, 0.3) is 0 Å². The Morgan fingerprint density at radius 2 is 1.71 bits per heavy atom. The van der Waals surface area contributed by atoms with Crippen LogP contribution >= 0.6 is 0 Å². The van der Waals surface area contributed by atoms with Gasteiger partial charge in [-0.1, -0.05) is 38.1 Å². The Labute approximate surface area is 207 Å². The van der Waals surface area contributed by atoms with Gasteiger partial charge < -0.3 is 34.3 Å². The van der Waals surface area contributed by atoms with Gasteiger partial charge in [-0.25, -0.2) is 8.42 Å². The van der Waals surface area contributed by atoms with Crippen molar-refractivity contribution in [2.24, 2.45) is 5.41 Å². The molecule has 6 atom stereocenters. The van der Waals surface area contributed by atoms with E-state index >= 15 is 0 Å². The summed E-state index contributed by atoms with van der Waals surface area (Å²) in [6.45, 7) is 8.26. The fourth-order valence-electron chi connectivity index (χ4n) is 5.20.